The molecular formula is C16H17FN4O. The van der Waals surface area contributed by atoms with Gasteiger partial charge < -0.3 is 9.88 Å². The molecule has 1 N–H and O–H groups in total. The molecule has 1 amide bonds. The highest BCUT2D eigenvalue weighted by Crippen LogP contribution is 2.47. The van der Waals surface area contributed by atoms with Crippen LogP contribution in [0, 0.1) is 11.7 Å². The van der Waals surface area contributed by atoms with Crippen LogP contribution in [0.3, 0.4) is 0 Å². The minimum atomic E-state index is -0.248. The molecule has 6 heteroatoms. The van der Waals surface area contributed by atoms with Crippen LogP contribution in [0.4, 0.5) is 4.39 Å². The molecule has 0 bridgehead atoms. The number of halogens is 1. The maximum absolute atomic E-state index is 13.2. The Kier molecular flexibility index (Phi) is 3.17. The Morgan fingerprint density at radius 2 is 2.32 bits per heavy atom. The van der Waals surface area contributed by atoms with Crippen molar-refractivity contribution in [1.29, 1.82) is 0 Å². The van der Waals surface area contributed by atoms with Crippen LogP contribution in [0.2, 0.25) is 0 Å². The van der Waals surface area contributed by atoms with E-state index in [2.05, 4.69) is 20.1 Å². The van der Waals surface area contributed by atoms with Gasteiger partial charge in [-0.05, 0) is 36.5 Å². The average Bonchev–Trinajstić information content (AvgIpc) is 3.02. The smallest absolute Gasteiger partial charge is 0.224 e. The van der Waals surface area contributed by atoms with Crippen LogP contribution in [0.25, 0.3) is 0 Å². The summed E-state index contributed by atoms with van der Waals surface area (Å²) in [4.78, 5) is 12.2. The second-order valence-electron chi connectivity index (χ2n) is 6.01. The van der Waals surface area contributed by atoms with Gasteiger partial charge in [0.05, 0.1) is 6.54 Å². The number of hydrogen-bond donors (Lipinski definition) is 1. The number of fused-ring (bicyclic) bond motifs is 1. The van der Waals surface area contributed by atoms with Crippen molar-refractivity contribution in [2.75, 3.05) is 0 Å². The highest BCUT2D eigenvalue weighted by atomic mass is 19.1. The number of nitrogens with one attached hydrogen (secondary N) is 1. The molecule has 1 aliphatic carbocycles. The van der Waals surface area contributed by atoms with Gasteiger partial charge in [0.25, 0.3) is 0 Å². The molecule has 1 aliphatic heterocycles. The van der Waals surface area contributed by atoms with Crippen molar-refractivity contribution in [1.82, 2.24) is 20.1 Å². The van der Waals surface area contributed by atoms with E-state index in [1.54, 1.807) is 6.07 Å². The zero-order chi connectivity index (χ0) is 15.1. The lowest BCUT2D eigenvalue weighted by Gasteiger charge is -2.06. The van der Waals surface area contributed by atoms with Crippen molar-refractivity contribution in [2.45, 2.75) is 38.3 Å². The summed E-state index contributed by atoms with van der Waals surface area (Å²) in [5, 5.41) is 11.2. The molecule has 22 heavy (non-hydrogen) atoms. The van der Waals surface area contributed by atoms with Crippen LogP contribution in [0.15, 0.2) is 24.3 Å². The molecule has 0 unspecified atom stereocenters. The maximum Gasteiger partial charge on any atom is 0.224 e. The van der Waals surface area contributed by atoms with Crippen LogP contribution in [0.5, 0.6) is 0 Å². The summed E-state index contributed by atoms with van der Waals surface area (Å²) in [6.45, 7) is 1.35. The number of rotatable bonds is 4. The number of benzene rings is 1. The number of aryl methyl sites for hydroxylation is 1. The topological polar surface area (TPSA) is 59.8 Å². The highest BCUT2D eigenvalue weighted by molar-refractivity contribution is 5.82. The molecular weight excluding hydrogens is 283 g/mol. The minimum absolute atomic E-state index is 0.0182. The van der Waals surface area contributed by atoms with E-state index >= 15 is 0 Å². The normalized spacial score (nSPS) is 22.4. The number of carbonyl (C=O) groups excluding carboxylic acids is 1. The van der Waals surface area contributed by atoms with Crippen molar-refractivity contribution in [3.8, 4) is 0 Å². The molecule has 1 saturated carbocycles. The van der Waals surface area contributed by atoms with Gasteiger partial charge in [-0.25, -0.2) is 4.39 Å². The highest BCUT2D eigenvalue weighted by Gasteiger charge is 2.44. The van der Waals surface area contributed by atoms with Gasteiger partial charge in [0.1, 0.15) is 11.6 Å². The first kappa shape index (κ1) is 13.4. The summed E-state index contributed by atoms with van der Waals surface area (Å²) in [6, 6.07) is 6.51. The largest absolute Gasteiger partial charge is 0.349 e. The van der Waals surface area contributed by atoms with E-state index in [4.69, 9.17) is 0 Å². The first-order valence-electron chi connectivity index (χ1n) is 7.66. The van der Waals surface area contributed by atoms with Crippen LogP contribution < -0.4 is 5.32 Å². The van der Waals surface area contributed by atoms with Gasteiger partial charge in [-0.1, -0.05) is 12.1 Å². The number of carbonyl (C=O) groups is 1. The molecule has 0 spiro atoms. The molecule has 1 fully saturated rings. The molecule has 1 aromatic carbocycles. The first-order valence-corrected chi connectivity index (χ1v) is 7.66. The van der Waals surface area contributed by atoms with Crippen LogP contribution in [-0.2, 0) is 24.3 Å². The molecule has 0 saturated heterocycles. The van der Waals surface area contributed by atoms with Crippen LogP contribution >= 0.6 is 0 Å². The molecule has 114 valence electrons. The van der Waals surface area contributed by atoms with E-state index in [0.717, 1.165) is 43.0 Å². The maximum atomic E-state index is 13.2. The standard InChI is InChI=1S/C16H17FN4O/c17-11-4-1-3-10(7-11)12-8-13(12)16(22)18-9-15-20-19-14-5-2-6-21(14)15/h1,3-4,7,12-13H,2,5-6,8-9H2,(H,18,22)/t12-,13-/m0/s1. The Morgan fingerprint density at radius 3 is 3.18 bits per heavy atom. The monoisotopic (exact) mass is 300 g/mol. The van der Waals surface area contributed by atoms with E-state index in [-0.39, 0.29) is 23.6 Å². The van der Waals surface area contributed by atoms with Gasteiger partial charge >= 0.3 is 0 Å². The zero-order valence-electron chi connectivity index (χ0n) is 12.1. The quantitative estimate of drug-likeness (QED) is 0.936. The van der Waals surface area contributed by atoms with Gasteiger partial charge in [0.2, 0.25) is 5.91 Å². The lowest BCUT2D eigenvalue weighted by atomic mass is 10.1. The number of aromatic nitrogens is 3. The predicted molar refractivity (Wildman–Crippen MR) is 77.4 cm³/mol. The number of amides is 1. The van der Waals surface area contributed by atoms with Gasteiger partial charge in [-0.3, -0.25) is 4.79 Å². The first-order chi connectivity index (χ1) is 10.7. The molecule has 2 atom stereocenters. The van der Waals surface area contributed by atoms with E-state index in [0.29, 0.717) is 6.54 Å². The summed E-state index contributed by atoms with van der Waals surface area (Å²) in [5.74, 6) is 1.69. The Bertz CT molecular complexity index is 727. The van der Waals surface area contributed by atoms with Gasteiger partial charge in [-0.15, -0.1) is 10.2 Å². The predicted octanol–water partition coefficient (Wildman–Crippen LogP) is 1.78. The fraction of sp³-hybridized carbons (Fsp3) is 0.438. The SMILES string of the molecule is O=C(NCc1nnc2n1CCC2)[C@H]1C[C@H]1c1cccc(F)c1. The summed E-state index contributed by atoms with van der Waals surface area (Å²) in [5.41, 5.74) is 0.906. The van der Waals surface area contributed by atoms with Gasteiger partial charge in [-0.2, -0.15) is 0 Å². The second kappa shape index (κ2) is 5.19. The average molecular weight is 300 g/mol. The minimum Gasteiger partial charge on any atom is -0.349 e. The van der Waals surface area contributed by atoms with E-state index < -0.39 is 0 Å². The van der Waals surface area contributed by atoms with Crippen molar-refractivity contribution >= 4 is 5.91 Å². The molecule has 2 heterocycles. The molecule has 5 nitrogen and oxygen atoms in total. The van der Waals surface area contributed by atoms with Crippen molar-refractivity contribution in [3.63, 3.8) is 0 Å². The number of nitrogens with zero attached hydrogens (tertiary/aromatic N) is 3. The van der Waals surface area contributed by atoms with Crippen LogP contribution in [-0.4, -0.2) is 20.7 Å². The Balaban J connectivity index is 1.36. The third-order valence-corrected chi connectivity index (χ3v) is 4.51. The molecule has 2 aliphatic rings. The molecule has 2 aromatic rings. The Morgan fingerprint density at radius 1 is 1.41 bits per heavy atom. The number of hydrogen-bond acceptors (Lipinski definition) is 3. The second-order valence-corrected chi connectivity index (χ2v) is 6.01. The van der Waals surface area contributed by atoms with Crippen molar-refractivity contribution in [3.05, 3.63) is 47.3 Å². The molecule has 4 rings (SSSR count). The van der Waals surface area contributed by atoms with E-state index in [9.17, 15) is 9.18 Å². The fourth-order valence-electron chi connectivity index (χ4n) is 3.23. The fourth-order valence-corrected chi connectivity index (χ4v) is 3.23. The van der Waals surface area contributed by atoms with Gasteiger partial charge in [0.15, 0.2) is 5.82 Å². The summed E-state index contributed by atoms with van der Waals surface area (Å²) in [6.07, 6.45) is 2.84. The lowest BCUT2D eigenvalue weighted by molar-refractivity contribution is -0.122. The lowest BCUT2D eigenvalue weighted by Crippen LogP contribution is -2.26. The third-order valence-electron chi connectivity index (χ3n) is 4.51. The zero-order valence-corrected chi connectivity index (χ0v) is 12.1. The Hall–Kier alpha value is -2.24. The third kappa shape index (κ3) is 2.38. The molecule has 1 aromatic heterocycles. The summed E-state index contributed by atoms with van der Waals surface area (Å²) < 4.78 is 15.3. The summed E-state index contributed by atoms with van der Waals surface area (Å²) >= 11 is 0. The Labute approximate surface area is 127 Å². The summed E-state index contributed by atoms with van der Waals surface area (Å²) in [7, 11) is 0. The van der Waals surface area contributed by atoms with Crippen molar-refractivity contribution in [2.24, 2.45) is 5.92 Å². The van der Waals surface area contributed by atoms with E-state index in [1.165, 1.54) is 12.1 Å². The van der Waals surface area contributed by atoms with E-state index in [1.807, 2.05) is 6.07 Å². The molecule has 0 radical (unpaired) electrons. The van der Waals surface area contributed by atoms with Crippen LogP contribution in [0.1, 0.15) is 36.0 Å². The van der Waals surface area contributed by atoms with Gasteiger partial charge in [0, 0.05) is 18.9 Å². The van der Waals surface area contributed by atoms with Crippen molar-refractivity contribution < 1.29 is 9.18 Å².